The molecule has 148 valence electrons. The number of benzene rings is 3. The first kappa shape index (κ1) is 19.6. The average Bonchev–Trinajstić information content (AvgIpc) is 3.26. The van der Waals surface area contributed by atoms with Gasteiger partial charge < -0.3 is 0 Å². The third-order valence-electron chi connectivity index (χ3n) is 4.67. The lowest BCUT2D eigenvalue weighted by molar-refractivity contribution is -0.385. The molecule has 0 bridgehead atoms. The molecule has 3 aromatic carbocycles. The lowest BCUT2D eigenvalue weighted by Gasteiger charge is -2.12. The van der Waals surface area contributed by atoms with Crippen molar-refractivity contribution in [3.8, 4) is 34.4 Å². The molecular formula is C20H8N6O4S. The standard InChI is InChI=1S/C20H8N6O4S/c21-9-15-16(10-22)18(12-3-7-14(8-4-12)26(29)30)20-19(23-31-24-20)17(15)11-1-5-13(6-2-11)25(27)28/h1-8H. The van der Waals surface area contributed by atoms with Crippen LogP contribution in [0.1, 0.15) is 11.1 Å². The lowest BCUT2D eigenvalue weighted by Crippen LogP contribution is -1.98. The van der Waals surface area contributed by atoms with E-state index in [-0.39, 0.29) is 22.5 Å². The minimum absolute atomic E-state index is 0.0462. The second kappa shape index (κ2) is 7.59. The van der Waals surface area contributed by atoms with Crippen LogP contribution in [0.25, 0.3) is 33.3 Å². The highest BCUT2D eigenvalue weighted by Crippen LogP contribution is 2.41. The number of nitro benzene ring substituents is 2. The van der Waals surface area contributed by atoms with Crippen molar-refractivity contribution in [2.24, 2.45) is 0 Å². The van der Waals surface area contributed by atoms with E-state index in [2.05, 4.69) is 8.75 Å². The molecule has 31 heavy (non-hydrogen) atoms. The Morgan fingerprint density at radius 1 is 0.710 bits per heavy atom. The van der Waals surface area contributed by atoms with Crippen LogP contribution >= 0.6 is 11.7 Å². The van der Waals surface area contributed by atoms with Gasteiger partial charge in [-0.05, 0) is 35.4 Å². The SMILES string of the molecule is N#Cc1c(C#N)c(-c2ccc([N+](=O)[O-])cc2)c2nsnc2c1-c1ccc([N+](=O)[O-])cc1. The van der Waals surface area contributed by atoms with Gasteiger partial charge in [0.1, 0.15) is 23.2 Å². The predicted octanol–water partition coefficient (Wildman–Crippen LogP) is 4.59. The molecule has 1 aromatic heterocycles. The quantitative estimate of drug-likeness (QED) is 0.337. The van der Waals surface area contributed by atoms with Crippen LogP contribution in [0.3, 0.4) is 0 Å². The van der Waals surface area contributed by atoms with Gasteiger partial charge in [-0.15, -0.1) is 0 Å². The first-order chi connectivity index (χ1) is 15.0. The Labute approximate surface area is 177 Å². The van der Waals surface area contributed by atoms with Gasteiger partial charge in [-0.3, -0.25) is 20.2 Å². The van der Waals surface area contributed by atoms with Crippen LogP contribution in [-0.4, -0.2) is 18.6 Å². The molecule has 0 radical (unpaired) electrons. The van der Waals surface area contributed by atoms with Crippen molar-refractivity contribution in [2.45, 2.75) is 0 Å². The zero-order valence-corrected chi connectivity index (χ0v) is 16.2. The number of fused-ring (bicyclic) bond motifs is 1. The Balaban J connectivity index is 2.04. The Hall–Kier alpha value is -4.74. The van der Waals surface area contributed by atoms with Crippen LogP contribution in [0.5, 0.6) is 0 Å². The molecular weight excluding hydrogens is 420 g/mol. The molecule has 0 N–H and O–H groups in total. The molecule has 0 aliphatic rings. The maximum absolute atomic E-state index is 11.0. The molecule has 11 heteroatoms. The van der Waals surface area contributed by atoms with Gasteiger partial charge >= 0.3 is 0 Å². The maximum atomic E-state index is 11.0. The molecule has 0 saturated heterocycles. The molecule has 0 aliphatic heterocycles. The summed E-state index contributed by atoms with van der Waals surface area (Å²) in [6, 6.07) is 15.2. The molecule has 4 aromatic rings. The highest BCUT2D eigenvalue weighted by Gasteiger charge is 2.25. The van der Waals surface area contributed by atoms with Crippen LogP contribution in [0.2, 0.25) is 0 Å². The third-order valence-corrected chi connectivity index (χ3v) is 5.20. The van der Waals surface area contributed by atoms with Crippen molar-refractivity contribution in [1.29, 1.82) is 10.5 Å². The number of rotatable bonds is 4. The van der Waals surface area contributed by atoms with E-state index in [4.69, 9.17) is 0 Å². The van der Waals surface area contributed by atoms with E-state index < -0.39 is 9.85 Å². The van der Waals surface area contributed by atoms with Gasteiger partial charge in [-0.25, -0.2) is 0 Å². The van der Waals surface area contributed by atoms with Crippen LogP contribution in [0, 0.1) is 42.9 Å². The number of hydrogen-bond donors (Lipinski definition) is 0. The largest absolute Gasteiger partial charge is 0.269 e. The third kappa shape index (κ3) is 3.21. The second-order valence-electron chi connectivity index (χ2n) is 6.29. The van der Waals surface area contributed by atoms with Gasteiger partial charge in [0, 0.05) is 35.4 Å². The number of aromatic nitrogens is 2. The molecule has 4 rings (SSSR count). The predicted molar refractivity (Wildman–Crippen MR) is 111 cm³/mol. The summed E-state index contributed by atoms with van der Waals surface area (Å²) >= 11 is 0.890. The number of nitro groups is 2. The number of non-ortho nitro benzene ring substituents is 2. The van der Waals surface area contributed by atoms with Crippen molar-refractivity contribution in [3.05, 3.63) is 79.9 Å². The summed E-state index contributed by atoms with van der Waals surface area (Å²) in [7, 11) is 0. The molecule has 0 aliphatic carbocycles. The van der Waals surface area contributed by atoms with Crippen LogP contribution in [0.15, 0.2) is 48.5 Å². The Bertz CT molecular complexity index is 1340. The molecule has 1 heterocycles. The lowest BCUT2D eigenvalue weighted by atomic mass is 9.88. The summed E-state index contributed by atoms with van der Waals surface area (Å²) < 4.78 is 8.59. The fourth-order valence-electron chi connectivity index (χ4n) is 3.29. The van der Waals surface area contributed by atoms with Crippen LogP contribution < -0.4 is 0 Å². The molecule has 0 amide bonds. The summed E-state index contributed by atoms with van der Waals surface area (Å²) in [4.78, 5) is 20.8. The van der Waals surface area contributed by atoms with Gasteiger partial charge in [0.05, 0.1) is 32.7 Å². The zero-order valence-electron chi connectivity index (χ0n) is 15.3. The highest BCUT2D eigenvalue weighted by molar-refractivity contribution is 7.00. The topological polar surface area (TPSA) is 160 Å². The van der Waals surface area contributed by atoms with Gasteiger partial charge in [-0.2, -0.15) is 19.3 Å². The van der Waals surface area contributed by atoms with E-state index in [1.165, 1.54) is 48.5 Å². The second-order valence-corrected chi connectivity index (χ2v) is 6.82. The van der Waals surface area contributed by atoms with Crippen LogP contribution in [0.4, 0.5) is 11.4 Å². The number of nitrogens with zero attached hydrogens (tertiary/aromatic N) is 6. The highest BCUT2D eigenvalue weighted by atomic mass is 32.1. The van der Waals surface area contributed by atoms with E-state index in [0.717, 1.165) is 11.7 Å². The molecule has 0 fully saturated rings. The van der Waals surface area contributed by atoms with E-state index >= 15 is 0 Å². The number of nitriles is 2. The molecule has 0 atom stereocenters. The van der Waals surface area contributed by atoms with Gasteiger partial charge in [0.2, 0.25) is 0 Å². The van der Waals surface area contributed by atoms with Crippen molar-refractivity contribution in [1.82, 2.24) is 8.75 Å². The van der Waals surface area contributed by atoms with Crippen molar-refractivity contribution in [3.63, 3.8) is 0 Å². The van der Waals surface area contributed by atoms with Gasteiger partial charge in [-0.1, -0.05) is 0 Å². The Morgan fingerprint density at radius 3 is 1.35 bits per heavy atom. The molecule has 0 saturated carbocycles. The summed E-state index contributed by atoms with van der Waals surface area (Å²) in [5.74, 6) is 0. The van der Waals surface area contributed by atoms with Crippen molar-refractivity contribution < 1.29 is 9.85 Å². The smallest absolute Gasteiger partial charge is 0.258 e. The number of hydrogen-bond acceptors (Lipinski definition) is 9. The summed E-state index contributed by atoms with van der Waals surface area (Å²) in [5, 5.41) is 41.7. The van der Waals surface area contributed by atoms with E-state index in [9.17, 15) is 30.8 Å². The van der Waals surface area contributed by atoms with E-state index in [1.54, 1.807) is 0 Å². The fraction of sp³-hybridized carbons (Fsp3) is 0. The first-order valence-corrected chi connectivity index (χ1v) is 9.31. The van der Waals surface area contributed by atoms with Crippen molar-refractivity contribution >= 4 is 34.1 Å². The maximum Gasteiger partial charge on any atom is 0.269 e. The molecule has 0 spiro atoms. The summed E-state index contributed by atoms with van der Waals surface area (Å²) in [6.45, 7) is 0. The zero-order chi connectivity index (χ0) is 22.1. The minimum atomic E-state index is -0.534. The Morgan fingerprint density at radius 2 is 1.06 bits per heavy atom. The summed E-state index contributed by atoms with van der Waals surface area (Å²) in [5.41, 5.74) is 2.25. The fourth-order valence-corrected chi connectivity index (χ4v) is 3.85. The van der Waals surface area contributed by atoms with Crippen molar-refractivity contribution in [2.75, 3.05) is 0 Å². The van der Waals surface area contributed by atoms with Gasteiger partial charge in [0.25, 0.3) is 11.4 Å². The van der Waals surface area contributed by atoms with E-state index in [0.29, 0.717) is 33.3 Å². The Kier molecular flexibility index (Phi) is 4.79. The minimum Gasteiger partial charge on any atom is -0.258 e. The van der Waals surface area contributed by atoms with Crippen LogP contribution in [-0.2, 0) is 0 Å². The summed E-state index contributed by atoms with van der Waals surface area (Å²) in [6.07, 6.45) is 0. The average molecular weight is 428 g/mol. The monoisotopic (exact) mass is 428 g/mol. The normalized spacial score (nSPS) is 10.4. The first-order valence-electron chi connectivity index (χ1n) is 8.58. The van der Waals surface area contributed by atoms with E-state index in [1.807, 2.05) is 12.1 Å². The molecule has 0 unspecified atom stereocenters. The molecule has 10 nitrogen and oxygen atoms in total. The van der Waals surface area contributed by atoms with Gasteiger partial charge in [0.15, 0.2) is 0 Å².